The molecule has 152 valence electrons. The molecule has 8 nitrogen and oxygen atoms in total. The minimum atomic E-state index is -0.767. The Morgan fingerprint density at radius 3 is 2.53 bits per heavy atom. The Morgan fingerprint density at radius 1 is 1.03 bits per heavy atom. The molecule has 2 heterocycles. The second kappa shape index (κ2) is 7.47. The zero-order valence-electron chi connectivity index (χ0n) is 16.4. The first-order valence-electron chi connectivity index (χ1n) is 9.03. The summed E-state index contributed by atoms with van der Waals surface area (Å²) in [6.45, 7) is 5.07. The quantitative estimate of drug-likeness (QED) is 0.559. The molecule has 0 bridgehead atoms. The number of hydrogen-bond donors (Lipinski definition) is 1. The first-order valence-corrected chi connectivity index (χ1v) is 9.03. The number of tetrazole rings is 1. The Balaban J connectivity index is 1.65. The molecule has 0 atom stereocenters. The van der Waals surface area contributed by atoms with Crippen molar-refractivity contribution < 1.29 is 13.6 Å². The highest BCUT2D eigenvalue weighted by Crippen LogP contribution is 2.22. The maximum absolute atomic E-state index is 14.2. The molecule has 0 saturated heterocycles. The lowest BCUT2D eigenvalue weighted by Gasteiger charge is -2.09. The third-order valence-electron chi connectivity index (χ3n) is 4.63. The monoisotopic (exact) mass is 409 g/mol. The Hall–Kier alpha value is -3.95. The molecule has 0 saturated carbocycles. The van der Waals surface area contributed by atoms with Gasteiger partial charge in [-0.25, -0.2) is 13.5 Å². The van der Waals surface area contributed by atoms with Crippen LogP contribution in [0.3, 0.4) is 0 Å². The molecule has 2 aromatic carbocycles. The van der Waals surface area contributed by atoms with Gasteiger partial charge in [-0.3, -0.25) is 4.79 Å². The van der Waals surface area contributed by atoms with E-state index in [1.807, 2.05) is 6.07 Å². The first kappa shape index (κ1) is 19.4. The molecule has 0 fully saturated rings. The highest BCUT2D eigenvalue weighted by Gasteiger charge is 2.21. The minimum Gasteiger partial charge on any atom is -0.322 e. The number of aryl methyl sites for hydroxylation is 2. The predicted octanol–water partition coefficient (Wildman–Crippen LogP) is 3.30. The van der Waals surface area contributed by atoms with E-state index in [0.29, 0.717) is 34.2 Å². The van der Waals surface area contributed by atoms with E-state index in [0.717, 1.165) is 12.1 Å². The molecule has 4 rings (SSSR count). The smallest absolute Gasteiger partial charge is 0.259 e. The lowest BCUT2D eigenvalue weighted by Crippen LogP contribution is -2.14. The van der Waals surface area contributed by atoms with Gasteiger partial charge >= 0.3 is 0 Å². The summed E-state index contributed by atoms with van der Waals surface area (Å²) in [4.78, 5) is 12.9. The molecule has 1 N–H and O–H groups in total. The van der Waals surface area contributed by atoms with E-state index in [4.69, 9.17) is 0 Å². The topological polar surface area (TPSA) is 90.5 Å². The number of nitrogens with zero attached hydrogens (tertiary/aromatic N) is 6. The van der Waals surface area contributed by atoms with E-state index in [9.17, 15) is 13.6 Å². The molecule has 30 heavy (non-hydrogen) atoms. The highest BCUT2D eigenvalue weighted by molar-refractivity contribution is 6.06. The number of halogens is 2. The molecule has 0 unspecified atom stereocenters. The Bertz CT molecular complexity index is 1260. The fourth-order valence-corrected chi connectivity index (χ4v) is 3.24. The second-order valence-corrected chi connectivity index (χ2v) is 6.70. The molecule has 0 radical (unpaired) electrons. The maximum Gasteiger partial charge on any atom is 0.259 e. The van der Waals surface area contributed by atoms with Gasteiger partial charge in [-0.2, -0.15) is 9.78 Å². The number of nitrogens with one attached hydrogen (secondary N) is 1. The lowest BCUT2D eigenvalue weighted by molar-refractivity contribution is 0.102. The summed E-state index contributed by atoms with van der Waals surface area (Å²) in [6, 6.07) is 10.2. The van der Waals surface area contributed by atoms with Gasteiger partial charge in [0, 0.05) is 11.8 Å². The number of benzene rings is 2. The SMILES string of the molecule is Cc1nn(-c2ccc(F)cc2F)c(C)c1C(=O)Nc1cccc(-n2nnnc2C)c1. The van der Waals surface area contributed by atoms with Crippen LogP contribution in [0.5, 0.6) is 0 Å². The van der Waals surface area contributed by atoms with Crippen molar-refractivity contribution in [3.05, 3.63) is 76.9 Å². The number of rotatable bonds is 4. The van der Waals surface area contributed by atoms with Crippen LogP contribution >= 0.6 is 0 Å². The predicted molar refractivity (Wildman–Crippen MR) is 105 cm³/mol. The van der Waals surface area contributed by atoms with Crippen LogP contribution in [0, 0.1) is 32.4 Å². The Kier molecular flexibility index (Phi) is 4.82. The van der Waals surface area contributed by atoms with Gasteiger partial charge in [0.15, 0.2) is 11.6 Å². The number of carbonyl (C=O) groups excluding carboxylic acids is 1. The standard InChI is InChI=1S/C20H17F2N7O/c1-11-19(12(2)28(25-11)18-8-7-14(21)9-17(18)22)20(30)23-15-5-4-6-16(10-15)29-13(3)24-26-27-29/h4-10H,1-3H3,(H,23,30). The van der Waals surface area contributed by atoms with Crippen LogP contribution in [0.4, 0.5) is 14.5 Å². The van der Waals surface area contributed by atoms with Crippen molar-refractivity contribution in [2.24, 2.45) is 0 Å². The molecule has 2 aromatic heterocycles. The van der Waals surface area contributed by atoms with Gasteiger partial charge in [-0.1, -0.05) is 6.07 Å². The summed E-state index contributed by atoms with van der Waals surface area (Å²) in [6.07, 6.45) is 0. The van der Waals surface area contributed by atoms with Gasteiger partial charge in [0.25, 0.3) is 5.91 Å². The van der Waals surface area contributed by atoms with Crippen LogP contribution in [0.25, 0.3) is 11.4 Å². The number of carbonyl (C=O) groups is 1. The van der Waals surface area contributed by atoms with Crippen molar-refractivity contribution in [2.75, 3.05) is 5.32 Å². The minimum absolute atomic E-state index is 0.0622. The summed E-state index contributed by atoms with van der Waals surface area (Å²) >= 11 is 0. The summed E-state index contributed by atoms with van der Waals surface area (Å²) in [5, 5.41) is 18.5. The van der Waals surface area contributed by atoms with Crippen molar-refractivity contribution in [2.45, 2.75) is 20.8 Å². The fourth-order valence-electron chi connectivity index (χ4n) is 3.24. The molecule has 0 spiro atoms. The van der Waals surface area contributed by atoms with Crippen LogP contribution in [-0.4, -0.2) is 35.9 Å². The van der Waals surface area contributed by atoms with Crippen molar-refractivity contribution in [1.29, 1.82) is 0 Å². The first-order chi connectivity index (χ1) is 14.3. The van der Waals surface area contributed by atoms with E-state index in [1.165, 1.54) is 10.7 Å². The molecule has 1 amide bonds. The highest BCUT2D eigenvalue weighted by atomic mass is 19.1. The Labute approximate surface area is 170 Å². The normalized spacial score (nSPS) is 11.0. The molecule has 10 heteroatoms. The van der Waals surface area contributed by atoms with Gasteiger partial charge in [0.2, 0.25) is 0 Å². The number of amides is 1. The van der Waals surface area contributed by atoms with E-state index >= 15 is 0 Å². The van der Waals surface area contributed by atoms with Crippen LogP contribution in [0.15, 0.2) is 42.5 Å². The number of anilines is 1. The average molecular weight is 409 g/mol. The van der Waals surface area contributed by atoms with E-state index < -0.39 is 17.5 Å². The van der Waals surface area contributed by atoms with Crippen molar-refractivity contribution in [3.63, 3.8) is 0 Å². The maximum atomic E-state index is 14.2. The van der Waals surface area contributed by atoms with Crippen LogP contribution in [0.2, 0.25) is 0 Å². The van der Waals surface area contributed by atoms with Crippen molar-refractivity contribution >= 4 is 11.6 Å². The zero-order chi connectivity index (χ0) is 21.4. The average Bonchev–Trinajstić information content (AvgIpc) is 3.24. The van der Waals surface area contributed by atoms with Crippen molar-refractivity contribution in [3.8, 4) is 11.4 Å². The summed E-state index contributed by atoms with van der Waals surface area (Å²) in [5.74, 6) is -1.25. The fraction of sp³-hybridized carbons (Fsp3) is 0.150. The largest absolute Gasteiger partial charge is 0.322 e. The van der Waals surface area contributed by atoms with Crippen LogP contribution in [0.1, 0.15) is 27.6 Å². The van der Waals surface area contributed by atoms with Crippen LogP contribution < -0.4 is 5.32 Å². The van der Waals surface area contributed by atoms with Gasteiger partial charge in [0.05, 0.1) is 22.6 Å². The van der Waals surface area contributed by atoms with E-state index in [1.54, 1.807) is 43.7 Å². The van der Waals surface area contributed by atoms with Gasteiger partial charge < -0.3 is 5.32 Å². The molecule has 0 aliphatic rings. The van der Waals surface area contributed by atoms with Crippen molar-refractivity contribution in [1.82, 2.24) is 30.0 Å². The lowest BCUT2D eigenvalue weighted by atomic mass is 10.1. The summed E-state index contributed by atoms with van der Waals surface area (Å²) in [7, 11) is 0. The summed E-state index contributed by atoms with van der Waals surface area (Å²) < 4.78 is 30.3. The van der Waals surface area contributed by atoms with Gasteiger partial charge in [0.1, 0.15) is 11.5 Å². The van der Waals surface area contributed by atoms with E-state index in [-0.39, 0.29) is 5.69 Å². The third-order valence-corrected chi connectivity index (χ3v) is 4.63. The molecular formula is C20H17F2N7O. The molecule has 0 aliphatic carbocycles. The molecule has 0 aliphatic heterocycles. The number of aromatic nitrogens is 6. The van der Waals surface area contributed by atoms with Gasteiger partial charge in [-0.15, -0.1) is 5.10 Å². The Morgan fingerprint density at radius 2 is 1.83 bits per heavy atom. The molecular weight excluding hydrogens is 392 g/mol. The summed E-state index contributed by atoms with van der Waals surface area (Å²) in [5.41, 5.74) is 2.44. The molecule has 4 aromatic rings. The van der Waals surface area contributed by atoms with Crippen LogP contribution in [-0.2, 0) is 0 Å². The number of hydrogen-bond acceptors (Lipinski definition) is 5. The second-order valence-electron chi connectivity index (χ2n) is 6.70. The van der Waals surface area contributed by atoms with E-state index in [2.05, 4.69) is 25.9 Å². The zero-order valence-corrected chi connectivity index (χ0v) is 16.4. The third kappa shape index (κ3) is 3.43. The van der Waals surface area contributed by atoms with Gasteiger partial charge in [-0.05, 0) is 61.5 Å².